The zero-order valence-electron chi connectivity index (χ0n) is 34.8. The highest BCUT2D eigenvalue weighted by atomic mass is 16.7. The molecule has 9 nitrogen and oxygen atoms in total. The van der Waals surface area contributed by atoms with Gasteiger partial charge in [-0.05, 0) is 111 Å². The van der Waals surface area contributed by atoms with Crippen molar-refractivity contribution in [1.29, 1.82) is 5.26 Å². The maximum absolute atomic E-state index is 13.0. The highest BCUT2D eigenvalue weighted by Gasteiger charge is 2.68. The lowest BCUT2D eigenvalue weighted by atomic mass is 9.43. The van der Waals surface area contributed by atoms with Gasteiger partial charge in [-0.2, -0.15) is 5.26 Å². The molecular formula is C46H63BN4O5. The fourth-order valence-corrected chi connectivity index (χ4v) is 9.92. The van der Waals surface area contributed by atoms with Crippen LogP contribution >= 0.6 is 0 Å². The van der Waals surface area contributed by atoms with E-state index in [-0.39, 0.29) is 42.3 Å². The van der Waals surface area contributed by atoms with E-state index in [2.05, 4.69) is 67.9 Å². The number of hydrogen-bond donors (Lipinski definition) is 1. The van der Waals surface area contributed by atoms with Crippen molar-refractivity contribution in [2.75, 3.05) is 39.9 Å². The first-order valence-corrected chi connectivity index (χ1v) is 21.0. The predicted molar refractivity (Wildman–Crippen MR) is 225 cm³/mol. The Bertz CT molecular complexity index is 1890. The molecule has 0 radical (unpaired) electrons. The summed E-state index contributed by atoms with van der Waals surface area (Å²) < 4.78 is 24.2. The van der Waals surface area contributed by atoms with Crippen LogP contribution in [0.1, 0.15) is 89.5 Å². The molecular weight excluding hydrogens is 699 g/mol. The van der Waals surface area contributed by atoms with Crippen molar-refractivity contribution in [2.45, 2.75) is 110 Å². The molecule has 56 heavy (non-hydrogen) atoms. The second kappa shape index (κ2) is 18.3. The number of nitrogens with zero attached hydrogens (tertiary/aromatic N) is 3. The van der Waals surface area contributed by atoms with Gasteiger partial charge in [-0.1, -0.05) is 70.2 Å². The number of para-hydroxylation sites is 1. The second-order valence-corrected chi connectivity index (χ2v) is 16.6. The fourth-order valence-electron chi connectivity index (χ4n) is 9.92. The molecule has 3 aliphatic heterocycles. The molecule has 6 aliphatic rings. The molecule has 5 fully saturated rings. The molecule has 3 aliphatic carbocycles. The molecule has 2 aromatic carbocycles. The van der Waals surface area contributed by atoms with E-state index in [1.807, 2.05) is 63.3 Å². The lowest BCUT2D eigenvalue weighted by molar-refractivity contribution is -0.199. The van der Waals surface area contributed by atoms with E-state index >= 15 is 0 Å². The zero-order valence-corrected chi connectivity index (χ0v) is 34.8. The number of nitriles is 1. The highest BCUT2D eigenvalue weighted by molar-refractivity contribution is 6.47. The van der Waals surface area contributed by atoms with Gasteiger partial charge in [-0.3, -0.25) is 9.69 Å². The van der Waals surface area contributed by atoms with Crippen molar-refractivity contribution in [3.8, 4) is 6.07 Å². The Morgan fingerprint density at radius 3 is 2.61 bits per heavy atom. The van der Waals surface area contributed by atoms with Crippen molar-refractivity contribution in [1.82, 2.24) is 15.1 Å². The molecule has 5 atom stereocenters. The summed E-state index contributed by atoms with van der Waals surface area (Å²) in [7, 11) is 1.78. The van der Waals surface area contributed by atoms with Crippen LogP contribution in [-0.4, -0.2) is 86.4 Å². The Hall–Kier alpha value is -3.72. The first kappa shape index (κ1) is 41.9. The number of furan rings is 1. The van der Waals surface area contributed by atoms with Gasteiger partial charge in [0.2, 0.25) is 0 Å². The molecule has 3 saturated carbocycles. The molecule has 2 bridgehead atoms. The number of fused-ring (bicyclic) bond motifs is 2. The van der Waals surface area contributed by atoms with E-state index in [4.69, 9.17) is 18.5 Å². The summed E-state index contributed by atoms with van der Waals surface area (Å²) >= 11 is 0. The minimum atomic E-state index is -0.209. The van der Waals surface area contributed by atoms with Crippen LogP contribution in [0.4, 0.5) is 0 Å². The van der Waals surface area contributed by atoms with E-state index in [1.165, 1.54) is 28.5 Å². The van der Waals surface area contributed by atoms with Gasteiger partial charge < -0.3 is 28.7 Å². The maximum atomic E-state index is 13.0. The van der Waals surface area contributed by atoms with E-state index in [9.17, 15) is 10.1 Å². The Morgan fingerprint density at radius 2 is 1.91 bits per heavy atom. The van der Waals surface area contributed by atoms with Gasteiger partial charge in [0.15, 0.2) is 0 Å². The molecule has 300 valence electrons. The SMILES string of the molecule is C=CCN1CCc2ccc(/C=C(\C#N)C(=O)N(CC)C3CCOCC3)cc2C1.CC.CNC(Cc1coc2ccccc12)B1O[C@@H]2CC3CC(C3(C)C)[C@]2(C)O1. The Balaban J connectivity index is 0.000000182. The highest BCUT2D eigenvalue weighted by Crippen LogP contribution is 2.65. The van der Waals surface area contributed by atoms with Crippen LogP contribution in [0, 0.1) is 28.6 Å². The first-order chi connectivity index (χ1) is 27.1. The van der Waals surface area contributed by atoms with Crippen LogP contribution in [0.3, 0.4) is 0 Å². The van der Waals surface area contributed by atoms with Crippen molar-refractivity contribution >= 4 is 30.1 Å². The zero-order chi connectivity index (χ0) is 40.0. The second-order valence-electron chi connectivity index (χ2n) is 16.6. The number of nitrogens with one attached hydrogen (secondary N) is 1. The number of rotatable bonds is 10. The summed E-state index contributed by atoms with van der Waals surface area (Å²) in [5.41, 5.74) is 6.09. The van der Waals surface area contributed by atoms with Crippen LogP contribution in [0.5, 0.6) is 0 Å². The molecule has 1 aromatic heterocycles. The van der Waals surface area contributed by atoms with Gasteiger partial charge in [0.25, 0.3) is 5.91 Å². The van der Waals surface area contributed by atoms with Crippen LogP contribution in [-0.2, 0) is 38.2 Å². The smallest absolute Gasteiger partial charge is 0.464 e. The number of carbonyl (C=O) groups is 1. The van der Waals surface area contributed by atoms with Crippen molar-refractivity contribution in [2.24, 2.45) is 17.3 Å². The summed E-state index contributed by atoms with van der Waals surface area (Å²) in [5, 5.41) is 14.3. The standard InChI is InChI=1S/C23H29N3O2.C21H28BNO3.C2H6/c1-3-10-25-11-7-19-6-5-18(15-21(19)17-25)14-20(16-24)23(27)26(4-2)22-8-12-28-13-9-22;1-20(2)14-10-17(20)21(3)18(11-14)25-22(26-21)19(23-4)9-13-12-24-16-8-6-5-7-15(13)16;1-2/h3,5-6,14-15,22H,1,4,7-13,17H2,2H3;5-8,12,14,17-19,23H,9-11H2,1-4H3;1-2H3/b20-14+;;/t;14?,17?,18-,19?,21+;/m.1./s1. The summed E-state index contributed by atoms with van der Waals surface area (Å²) in [6, 6.07) is 16.7. The van der Waals surface area contributed by atoms with Crippen LogP contribution in [0.15, 0.2) is 71.4 Å². The normalized spacial score (nSPS) is 25.9. The van der Waals surface area contributed by atoms with Crippen molar-refractivity contribution in [3.63, 3.8) is 0 Å². The summed E-state index contributed by atoms with van der Waals surface area (Å²) in [5.74, 6) is 1.30. The minimum Gasteiger partial charge on any atom is -0.464 e. The minimum absolute atomic E-state index is 0.110. The molecule has 1 N–H and O–H groups in total. The topological polar surface area (TPSA) is 100 Å². The van der Waals surface area contributed by atoms with Gasteiger partial charge in [0, 0.05) is 56.8 Å². The third-order valence-electron chi connectivity index (χ3n) is 13.3. The average Bonchev–Trinajstić information content (AvgIpc) is 3.80. The lowest BCUT2D eigenvalue weighted by Gasteiger charge is -2.64. The van der Waals surface area contributed by atoms with Gasteiger partial charge in [0.05, 0.1) is 18.0 Å². The number of likely N-dealkylation sites (N-methyl/N-ethyl adjacent to an activating group) is 2. The van der Waals surface area contributed by atoms with Crippen LogP contribution in [0.2, 0.25) is 0 Å². The Kier molecular flexibility index (Phi) is 13.7. The summed E-state index contributed by atoms with van der Waals surface area (Å²) in [6.45, 7) is 21.6. The molecule has 2 saturated heterocycles. The number of amides is 1. The third-order valence-corrected chi connectivity index (χ3v) is 13.3. The van der Waals surface area contributed by atoms with Crippen molar-refractivity contribution in [3.05, 3.63) is 89.2 Å². The third kappa shape index (κ3) is 8.44. The average molecular weight is 763 g/mol. The largest absolute Gasteiger partial charge is 0.476 e. The van der Waals surface area contributed by atoms with E-state index in [0.717, 1.165) is 68.8 Å². The summed E-state index contributed by atoms with van der Waals surface area (Å²) in [6.07, 6.45) is 11.7. The predicted octanol–water partition coefficient (Wildman–Crippen LogP) is 8.02. The van der Waals surface area contributed by atoms with Crippen LogP contribution < -0.4 is 5.32 Å². The Morgan fingerprint density at radius 1 is 1.14 bits per heavy atom. The number of benzene rings is 2. The maximum Gasteiger partial charge on any atom is 0.476 e. The van der Waals surface area contributed by atoms with E-state index in [0.29, 0.717) is 31.1 Å². The number of carbonyl (C=O) groups excluding carboxylic acids is 1. The van der Waals surface area contributed by atoms with E-state index in [1.54, 1.807) is 6.08 Å². The van der Waals surface area contributed by atoms with Gasteiger partial charge >= 0.3 is 7.12 Å². The van der Waals surface area contributed by atoms with Crippen LogP contribution in [0.25, 0.3) is 17.0 Å². The number of ether oxygens (including phenoxy) is 1. The molecule has 4 heterocycles. The first-order valence-electron chi connectivity index (χ1n) is 21.0. The molecule has 10 heteroatoms. The van der Waals surface area contributed by atoms with Crippen molar-refractivity contribution < 1.29 is 23.3 Å². The molecule has 1 amide bonds. The monoisotopic (exact) mass is 762 g/mol. The molecule has 3 aromatic rings. The van der Waals surface area contributed by atoms with Gasteiger partial charge in [-0.25, -0.2) is 0 Å². The molecule has 3 unspecified atom stereocenters. The number of hydrogen-bond acceptors (Lipinski definition) is 8. The van der Waals surface area contributed by atoms with Gasteiger partial charge in [0.1, 0.15) is 17.2 Å². The lowest BCUT2D eigenvalue weighted by Crippen LogP contribution is -2.65. The fraction of sp³-hybridized carbons (Fsp3) is 0.565. The summed E-state index contributed by atoms with van der Waals surface area (Å²) in [4.78, 5) is 17.2. The quantitative estimate of drug-likeness (QED) is 0.0960. The Labute approximate surface area is 335 Å². The molecule has 9 rings (SSSR count). The van der Waals surface area contributed by atoms with E-state index < -0.39 is 0 Å². The van der Waals surface area contributed by atoms with Gasteiger partial charge in [-0.15, -0.1) is 6.58 Å². The molecule has 0 spiro atoms.